The van der Waals surface area contributed by atoms with Crippen LogP contribution in [-0.2, 0) is 9.53 Å². The molecule has 2 amide bonds. The van der Waals surface area contributed by atoms with E-state index in [0.29, 0.717) is 12.1 Å². The summed E-state index contributed by atoms with van der Waals surface area (Å²) in [6.45, 7) is 4.23. The predicted octanol–water partition coefficient (Wildman–Crippen LogP) is 0.866. The van der Waals surface area contributed by atoms with Gasteiger partial charge in [0.05, 0.1) is 13.2 Å². The number of carbonyl (C=O) groups is 2. The Morgan fingerprint density at radius 2 is 2.10 bits per heavy atom. The molecule has 6 nitrogen and oxygen atoms in total. The van der Waals surface area contributed by atoms with Crippen molar-refractivity contribution in [2.24, 2.45) is 0 Å². The van der Waals surface area contributed by atoms with E-state index < -0.39 is 6.09 Å². The normalized spacial score (nSPS) is 22.6. The standard InChI is InChI=1S/C14H25N3O3/c1-2-20-14(19)16-13(18)10-17(12-6-7-12)9-11-5-3-4-8-15-11/h11-12,15H,2-10H2,1H3,(H,16,18,19). The Morgan fingerprint density at radius 3 is 2.70 bits per heavy atom. The number of hydrogen-bond acceptors (Lipinski definition) is 5. The van der Waals surface area contributed by atoms with Crippen LogP contribution < -0.4 is 10.6 Å². The summed E-state index contributed by atoms with van der Waals surface area (Å²) in [5, 5.41) is 5.77. The van der Waals surface area contributed by atoms with Gasteiger partial charge in [0.1, 0.15) is 0 Å². The number of nitrogens with zero attached hydrogens (tertiary/aromatic N) is 1. The predicted molar refractivity (Wildman–Crippen MR) is 75.4 cm³/mol. The second kappa shape index (κ2) is 7.59. The van der Waals surface area contributed by atoms with Crippen LogP contribution in [0.15, 0.2) is 0 Å². The molecular formula is C14H25N3O3. The highest BCUT2D eigenvalue weighted by molar-refractivity contribution is 5.92. The van der Waals surface area contributed by atoms with Crippen LogP contribution in [0, 0.1) is 0 Å². The highest BCUT2D eigenvalue weighted by Gasteiger charge is 2.32. The number of rotatable bonds is 6. The number of piperidine rings is 1. The zero-order valence-corrected chi connectivity index (χ0v) is 12.2. The number of ether oxygens (including phenoxy) is 1. The van der Waals surface area contributed by atoms with Crippen LogP contribution in [-0.4, -0.2) is 55.2 Å². The zero-order valence-electron chi connectivity index (χ0n) is 12.2. The van der Waals surface area contributed by atoms with Crippen molar-refractivity contribution < 1.29 is 14.3 Å². The number of nitrogens with one attached hydrogen (secondary N) is 2. The summed E-state index contributed by atoms with van der Waals surface area (Å²) in [4.78, 5) is 25.3. The molecule has 114 valence electrons. The average Bonchev–Trinajstić information content (AvgIpc) is 3.23. The third-order valence-corrected chi connectivity index (χ3v) is 3.79. The molecule has 0 aromatic rings. The molecule has 1 heterocycles. The largest absolute Gasteiger partial charge is 0.450 e. The Kier molecular flexibility index (Phi) is 5.79. The van der Waals surface area contributed by atoms with Crippen molar-refractivity contribution >= 4 is 12.0 Å². The van der Waals surface area contributed by atoms with E-state index in [2.05, 4.69) is 15.5 Å². The van der Waals surface area contributed by atoms with Gasteiger partial charge in [-0.1, -0.05) is 6.42 Å². The minimum absolute atomic E-state index is 0.272. The maximum atomic E-state index is 11.8. The first-order chi connectivity index (χ1) is 9.69. The van der Waals surface area contributed by atoms with Gasteiger partial charge in [-0.25, -0.2) is 4.79 Å². The maximum Gasteiger partial charge on any atom is 0.413 e. The van der Waals surface area contributed by atoms with Gasteiger partial charge in [-0.3, -0.25) is 15.0 Å². The van der Waals surface area contributed by atoms with Crippen molar-refractivity contribution in [2.45, 2.75) is 51.1 Å². The molecule has 1 saturated heterocycles. The van der Waals surface area contributed by atoms with E-state index in [-0.39, 0.29) is 19.1 Å². The number of alkyl carbamates (subject to hydrolysis) is 1. The Balaban J connectivity index is 1.76. The first-order valence-electron chi connectivity index (χ1n) is 7.63. The monoisotopic (exact) mass is 283 g/mol. The quantitative estimate of drug-likeness (QED) is 0.757. The van der Waals surface area contributed by atoms with Gasteiger partial charge in [-0.15, -0.1) is 0 Å². The lowest BCUT2D eigenvalue weighted by Crippen LogP contribution is -2.48. The van der Waals surface area contributed by atoms with Crippen LogP contribution in [0.25, 0.3) is 0 Å². The summed E-state index contributed by atoms with van der Waals surface area (Å²) in [7, 11) is 0. The number of imide groups is 1. The van der Waals surface area contributed by atoms with Crippen molar-refractivity contribution in [3.8, 4) is 0 Å². The van der Waals surface area contributed by atoms with Crippen molar-refractivity contribution in [1.29, 1.82) is 0 Å². The van der Waals surface area contributed by atoms with Gasteiger partial charge >= 0.3 is 6.09 Å². The van der Waals surface area contributed by atoms with Crippen molar-refractivity contribution in [3.05, 3.63) is 0 Å². The third-order valence-electron chi connectivity index (χ3n) is 3.79. The maximum absolute atomic E-state index is 11.8. The van der Waals surface area contributed by atoms with Gasteiger partial charge in [0.15, 0.2) is 0 Å². The fourth-order valence-electron chi connectivity index (χ4n) is 2.65. The lowest BCUT2D eigenvalue weighted by molar-refractivity contribution is -0.121. The molecule has 1 atom stereocenters. The highest BCUT2D eigenvalue weighted by Crippen LogP contribution is 2.27. The Bertz CT molecular complexity index is 339. The number of carbonyl (C=O) groups excluding carboxylic acids is 2. The van der Waals surface area contributed by atoms with E-state index in [1.807, 2.05) is 0 Å². The molecule has 1 aliphatic heterocycles. The van der Waals surface area contributed by atoms with Gasteiger partial charge in [-0.2, -0.15) is 0 Å². The SMILES string of the molecule is CCOC(=O)NC(=O)CN(CC1CCCCN1)C1CC1. The molecule has 2 rings (SSSR count). The van der Waals surface area contributed by atoms with Crippen LogP contribution in [0.5, 0.6) is 0 Å². The number of hydrogen-bond donors (Lipinski definition) is 2. The number of amides is 2. The van der Waals surface area contributed by atoms with E-state index in [1.165, 1.54) is 19.3 Å². The lowest BCUT2D eigenvalue weighted by atomic mass is 10.0. The Morgan fingerprint density at radius 1 is 1.30 bits per heavy atom. The minimum Gasteiger partial charge on any atom is -0.450 e. The average molecular weight is 283 g/mol. The summed E-state index contributed by atoms with van der Waals surface area (Å²) >= 11 is 0. The molecular weight excluding hydrogens is 258 g/mol. The third kappa shape index (κ3) is 5.09. The Hall–Kier alpha value is -1.14. The lowest BCUT2D eigenvalue weighted by Gasteiger charge is -2.30. The van der Waals surface area contributed by atoms with Crippen molar-refractivity contribution in [2.75, 3.05) is 26.2 Å². The van der Waals surface area contributed by atoms with E-state index in [4.69, 9.17) is 4.74 Å². The molecule has 0 spiro atoms. The minimum atomic E-state index is -0.649. The van der Waals surface area contributed by atoms with E-state index in [9.17, 15) is 9.59 Å². The topological polar surface area (TPSA) is 70.7 Å². The summed E-state index contributed by atoms with van der Waals surface area (Å²) in [5.41, 5.74) is 0. The molecule has 0 radical (unpaired) electrons. The molecule has 0 aromatic carbocycles. The van der Waals surface area contributed by atoms with Crippen molar-refractivity contribution in [1.82, 2.24) is 15.5 Å². The zero-order chi connectivity index (χ0) is 14.4. The molecule has 20 heavy (non-hydrogen) atoms. The first-order valence-corrected chi connectivity index (χ1v) is 7.63. The molecule has 2 N–H and O–H groups in total. The van der Waals surface area contributed by atoms with E-state index in [1.54, 1.807) is 6.92 Å². The molecule has 0 aromatic heterocycles. The Labute approximate surface area is 120 Å². The van der Waals surface area contributed by atoms with Crippen LogP contribution in [0.3, 0.4) is 0 Å². The molecule has 1 aliphatic carbocycles. The molecule has 6 heteroatoms. The summed E-state index contributed by atoms with van der Waals surface area (Å²) in [5.74, 6) is -0.272. The van der Waals surface area contributed by atoms with Gasteiger partial charge in [0, 0.05) is 18.6 Å². The van der Waals surface area contributed by atoms with Gasteiger partial charge < -0.3 is 10.1 Å². The molecule has 1 unspecified atom stereocenters. The molecule has 0 bridgehead atoms. The fourth-order valence-corrected chi connectivity index (χ4v) is 2.65. The van der Waals surface area contributed by atoms with Crippen LogP contribution in [0.1, 0.15) is 39.0 Å². The van der Waals surface area contributed by atoms with Crippen LogP contribution in [0.4, 0.5) is 4.79 Å². The van der Waals surface area contributed by atoms with Crippen LogP contribution in [0.2, 0.25) is 0 Å². The fraction of sp³-hybridized carbons (Fsp3) is 0.857. The summed E-state index contributed by atoms with van der Waals surface area (Å²) in [6.07, 6.45) is 5.32. The van der Waals surface area contributed by atoms with Gasteiger partial charge in [0.2, 0.25) is 5.91 Å². The first kappa shape index (κ1) is 15.3. The summed E-state index contributed by atoms with van der Waals surface area (Å²) in [6, 6.07) is 0.978. The van der Waals surface area contributed by atoms with E-state index in [0.717, 1.165) is 25.9 Å². The van der Waals surface area contributed by atoms with Gasteiger partial charge in [-0.05, 0) is 39.2 Å². The summed E-state index contributed by atoms with van der Waals surface area (Å²) < 4.78 is 4.72. The van der Waals surface area contributed by atoms with Gasteiger partial charge in [0.25, 0.3) is 0 Å². The second-order valence-corrected chi connectivity index (χ2v) is 5.58. The molecule has 2 fully saturated rings. The smallest absolute Gasteiger partial charge is 0.413 e. The van der Waals surface area contributed by atoms with E-state index >= 15 is 0 Å². The highest BCUT2D eigenvalue weighted by atomic mass is 16.5. The molecule has 1 saturated carbocycles. The van der Waals surface area contributed by atoms with Crippen LogP contribution >= 0.6 is 0 Å². The molecule has 2 aliphatic rings. The van der Waals surface area contributed by atoms with Crippen molar-refractivity contribution in [3.63, 3.8) is 0 Å². The second-order valence-electron chi connectivity index (χ2n) is 5.58.